The highest BCUT2D eigenvalue weighted by Gasteiger charge is 2.27. The summed E-state index contributed by atoms with van der Waals surface area (Å²) in [6.45, 7) is 0. The zero-order valence-electron chi connectivity index (χ0n) is 9.78. The van der Waals surface area contributed by atoms with Crippen molar-refractivity contribution in [2.24, 2.45) is 0 Å². The van der Waals surface area contributed by atoms with Crippen molar-refractivity contribution in [1.29, 1.82) is 0 Å². The number of benzene rings is 2. The van der Waals surface area contributed by atoms with Crippen molar-refractivity contribution in [3.63, 3.8) is 0 Å². The largest absolute Gasteiger partial charge is 0.368 e. The summed E-state index contributed by atoms with van der Waals surface area (Å²) in [6, 6.07) is 11.4. The van der Waals surface area contributed by atoms with Crippen LogP contribution in [-0.4, -0.2) is 5.91 Å². The molecule has 0 bridgehead atoms. The number of hydrogen-bond donors (Lipinski definition) is 2. The molecule has 0 saturated heterocycles. The molecule has 96 valence electrons. The van der Waals surface area contributed by atoms with Crippen LogP contribution in [0.4, 0.5) is 15.8 Å². The van der Waals surface area contributed by atoms with Gasteiger partial charge in [0.2, 0.25) is 0 Å². The minimum Gasteiger partial charge on any atom is -0.368 e. The molecule has 1 unspecified atom stereocenters. The van der Waals surface area contributed by atoms with Gasteiger partial charge >= 0.3 is 0 Å². The molecular formula is C14H10ClFN2O. The molecule has 2 aromatic carbocycles. The predicted molar refractivity (Wildman–Crippen MR) is 72.8 cm³/mol. The van der Waals surface area contributed by atoms with Gasteiger partial charge in [-0.3, -0.25) is 4.79 Å². The number of rotatable bonds is 1. The Morgan fingerprint density at radius 2 is 1.84 bits per heavy atom. The molecule has 0 radical (unpaired) electrons. The number of nitrogens with one attached hydrogen (secondary N) is 2. The van der Waals surface area contributed by atoms with Crippen LogP contribution in [-0.2, 0) is 4.79 Å². The first kappa shape index (κ1) is 12.0. The first-order valence-corrected chi connectivity index (χ1v) is 6.14. The van der Waals surface area contributed by atoms with Crippen LogP contribution in [0.5, 0.6) is 0 Å². The van der Waals surface area contributed by atoms with Crippen LogP contribution in [0.3, 0.4) is 0 Å². The van der Waals surface area contributed by atoms with E-state index >= 15 is 0 Å². The SMILES string of the molecule is O=C1Nc2cc(Cl)c(F)cc2NC1c1ccccc1. The Labute approximate surface area is 114 Å². The Bertz CT molecular complexity index is 645. The number of hydrogen-bond acceptors (Lipinski definition) is 2. The maximum absolute atomic E-state index is 13.4. The molecule has 1 amide bonds. The summed E-state index contributed by atoms with van der Waals surface area (Å²) < 4.78 is 13.4. The topological polar surface area (TPSA) is 41.1 Å². The van der Waals surface area contributed by atoms with Crippen LogP contribution in [0.25, 0.3) is 0 Å². The number of amides is 1. The number of halogens is 2. The molecule has 0 fully saturated rings. The average molecular weight is 277 g/mol. The number of carbonyl (C=O) groups is 1. The van der Waals surface area contributed by atoms with E-state index in [1.165, 1.54) is 12.1 Å². The van der Waals surface area contributed by atoms with Crippen LogP contribution in [0.2, 0.25) is 5.02 Å². The normalized spacial score (nSPS) is 17.4. The molecule has 5 heteroatoms. The van der Waals surface area contributed by atoms with Gasteiger partial charge in [0.05, 0.1) is 16.4 Å². The summed E-state index contributed by atoms with van der Waals surface area (Å²) in [5, 5.41) is 5.73. The van der Waals surface area contributed by atoms with Crippen molar-refractivity contribution in [3.8, 4) is 0 Å². The van der Waals surface area contributed by atoms with Gasteiger partial charge in [0.25, 0.3) is 5.91 Å². The third-order valence-corrected chi connectivity index (χ3v) is 3.30. The minimum absolute atomic E-state index is 0.0148. The van der Waals surface area contributed by atoms with Crippen LogP contribution in [0.15, 0.2) is 42.5 Å². The highest BCUT2D eigenvalue weighted by atomic mass is 35.5. The van der Waals surface area contributed by atoms with Crippen molar-refractivity contribution < 1.29 is 9.18 Å². The number of fused-ring (bicyclic) bond motifs is 1. The second kappa shape index (κ2) is 4.55. The Hall–Kier alpha value is -2.07. The van der Waals surface area contributed by atoms with Gasteiger partial charge in [-0.15, -0.1) is 0 Å². The average Bonchev–Trinajstić information content (AvgIpc) is 2.41. The summed E-state index contributed by atoms with van der Waals surface area (Å²) in [4.78, 5) is 12.0. The third-order valence-electron chi connectivity index (χ3n) is 3.01. The molecular weight excluding hydrogens is 267 g/mol. The second-order valence-electron chi connectivity index (χ2n) is 4.29. The molecule has 2 N–H and O–H groups in total. The van der Waals surface area contributed by atoms with Crippen LogP contribution in [0, 0.1) is 5.82 Å². The molecule has 1 aliphatic heterocycles. The van der Waals surface area contributed by atoms with E-state index in [4.69, 9.17) is 11.6 Å². The van der Waals surface area contributed by atoms with Crippen molar-refractivity contribution in [1.82, 2.24) is 0 Å². The van der Waals surface area contributed by atoms with E-state index in [0.29, 0.717) is 11.4 Å². The smallest absolute Gasteiger partial charge is 0.251 e. The van der Waals surface area contributed by atoms with E-state index in [1.807, 2.05) is 30.3 Å². The molecule has 1 aliphatic rings. The Morgan fingerprint density at radius 1 is 1.11 bits per heavy atom. The maximum atomic E-state index is 13.4. The van der Waals surface area contributed by atoms with E-state index in [1.54, 1.807) is 0 Å². The molecule has 0 aliphatic carbocycles. The third kappa shape index (κ3) is 2.15. The standard InChI is InChI=1S/C14H10ClFN2O/c15-9-6-11-12(7-10(9)16)17-13(14(19)18-11)8-4-2-1-3-5-8/h1-7,13,17H,(H,18,19). The fourth-order valence-electron chi connectivity index (χ4n) is 2.08. The Kier molecular flexibility index (Phi) is 2.87. The first-order valence-electron chi connectivity index (χ1n) is 5.76. The molecule has 0 spiro atoms. The molecule has 1 heterocycles. The molecule has 3 rings (SSSR count). The molecule has 1 atom stereocenters. The van der Waals surface area contributed by atoms with Crippen molar-refractivity contribution in [2.45, 2.75) is 6.04 Å². The van der Waals surface area contributed by atoms with Gasteiger partial charge in [0.15, 0.2) is 0 Å². The van der Waals surface area contributed by atoms with Crippen LogP contribution >= 0.6 is 11.6 Å². The summed E-state index contributed by atoms with van der Waals surface area (Å²) in [5.41, 5.74) is 1.83. The van der Waals surface area contributed by atoms with Gasteiger partial charge in [0.1, 0.15) is 11.9 Å². The van der Waals surface area contributed by atoms with Crippen molar-refractivity contribution in [2.75, 3.05) is 10.6 Å². The van der Waals surface area contributed by atoms with Gasteiger partial charge < -0.3 is 10.6 Å². The van der Waals surface area contributed by atoms with Gasteiger partial charge in [-0.05, 0) is 11.6 Å². The lowest BCUT2D eigenvalue weighted by Crippen LogP contribution is -2.32. The van der Waals surface area contributed by atoms with E-state index in [0.717, 1.165) is 5.56 Å². The molecule has 0 aromatic heterocycles. The van der Waals surface area contributed by atoms with E-state index in [9.17, 15) is 9.18 Å². The molecule has 0 saturated carbocycles. The number of anilines is 2. The highest BCUT2D eigenvalue weighted by Crippen LogP contribution is 2.35. The quantitative estimate of drug-likeness (QED) is 0.836. The minimum atomic E-state index is -0.533. The summed E-state index contributed by atoms with van der Waals surface area (Å²) >= 11 is 5.69. The zero-order chi connectivity index (χ0) is 13.4. The predicted octanol–water partition coefficient (Wildman–Crippen LogP) is 3.58. The van der Waals surface area contributed by atoms with Gasteiger partial charge in [-0.2, -0.15) is 0 Å². The van der Waals surface area contributed by atoms with Gasteiger partial charge in [-0.25, -0.2) is 4.39 Å². The van der Waals surface area contributed by atoms with Crippen molar-refractivity contribution >= 4 is 28.9 Å². The van der Waals surface area contributed by atoms with Gasteiger partial charge in [-0.1, -0.05) is 41.9 Å². The summed E-state index contributed by atoms with van der Waals surface area (Å²) in [7, 11) is 0. The van der Waals surface area contributed by atoms with Crippen LogP contribution < -0.4 is 10.6 Å². The second-order valence-corrected chi connectivity index (χ2v) is 4.70. The molecule has 2 aromatic rings. The van der Waals surface area contributed by atoms with Crippen molar-refractivity contribution in [3.05, 3.63) is 58.9 Å². The van der Waals surface area contributed by atoms with Crippen LogP contribution in [0.1, 0.15) is 11.6 Å². The Morgan fingerprint density at radius 3 is 2.58 bits per heavy atom. The van der Waals surface area contributed by atoms with E-state index < -0.39 is 11.9 Å². The monoisotopic (exact) mass is 276 g/mol. The van der Waals surface area contributed by atoms with E-state index in [2.05, 4.69) is 10.6 Å². The maximum Gasteiger partial charge on any atom is 0.251 e. The summed E-state index contributed by atoms with van der Waals surface area (Å²) in [5.74, 6) is -0.711. The van der Waals surface area contributed by atoms with E-state index in [-0.39, 0.29) is 10.9 Å². The molecule has 3 nitrogen and oxygen atoms in total. The van der Waals surface area contributed by atoms with Gasteiger partial charge in [0, 0.05) is 6.07 Å². The number of carbonyl (C=O) groups excluding carboxylic acids is 1. The first-order chi connectivity index (χ1) is 9.15. The fourth-order valence-corrected chi connectivity index (χ4v) is 2.24. The highest BCUT2D eigenvalue weighted by molar-refractivity contribution is 6.31. The molecule has 19 heavy (non-hydrogen) atoms. The lowest BCUT2D eigenvalue weighted by atomic mass is 10.0. The fraction of sp³-hybridized carbons (Fsp3) is 0.0714. The lowest BCUT2D eigenvalue weighted by Gasteiger charge is -2.27. The Balaban J connectivity index is 2.00. The lowest BCUT2D eigenvalue weighted by molar-refractivity contribution is -0.117. The summed E-state index contributed by atoms with van der Waals surface area (Å²) in [6.07, 6.45) is 0. The zero-order valence-corrected chi connectivity index (χ0v) is 10.5.